The third kappa shape index (κ3) is 3.05. The molecule has 6 heteroatoms. The van der Waals surface area contributed by atoms with E-state index in [0.717, 1.165) is 13.0 Å². The molecule has 0 aromatic heterocycles. The largest absolute Gasteiger partial charge is 0.493 e. The molecule has 2 N–H and O–H groups in total. The van der Waals surface area contributed by atoms with E-state index >= 15 is 0 Å². The molecule has 114 valence electrons. The molecule has 1 atom stereocenters. The molecule has 3 rings (SSSR count). The van der Waals surface area contributed by atoms with Gasteiger partial charge in [-0.05, 0) is 31.5 Å². The fourth-order valence-corrected chi connectivity index (χ4v) is 2.65. The summed E-state index contributed by atoms with van der Waals surface area (Å²) in [6.45, 7) is 2.63. The Labute approximate surface area is 123 Å². The molecule has 0 radical (unpaired) electrons. The molecule has 6 nitrogen and oxygen atoms in total. The number of amides is 1. The SMILES string of the molecule is COc1cc(C(=O)NCC2CCCN2)cc2c1OCCO2. The zero-order chi connectivity index (χ0) is 14.7. The summed E-state index contributed by atoms with van der Waals surface area (Å²) in [5.74, 6) is 1.53. The van der Waals surface area contributed by atoms with Crippen LogP contribution in [0.1, 0.15) is 23.2 Å². The van der Waals surface area contributed by atoms with Crippen molar-refractivity contribution in [1.29, 1.82) is 0 Å². The number of carbonyl (C=O) groups is 1. The fourth-order valence-electron chi connectivity index (χ4n) is 2.65. The minimum Gasteiger partial charge on any atom is -0.493 e. The van der Waals surface area contributed by atoms with Gasteiger partial charge in [0.15, 0.2) is 11.5 Å². The quantitative estimate of drug-likeness (QED) is 0.864. The van der Waals surface area contributed by atoms with Gasteiger partial charge in [0.1, 0.15) is 13.2 Å². The van der Waals surface area contributed by atoms with Crippen molar-refractivity contribution in [2.45, 2.75) is 18.9 Å². The monoisotopic (exact) mass is 292 g/mol. The fraction of sp³-hybridized carbons (Fsp3) is 0.533. The average molecular weight is 292 g/mol. The third-order valence-corrected chi connectivity index (χ3v) is 3.76. The second kappa shape index (κ2) is 6.22. The van der Waals surface area contributed by atoms with E-state index in [1.807, 2.05) is 0 Å². The molecule has 21 heavy (non-hydrogen) atoms. The summed E-state index contributed by atoms with van der Waals surface area (Å²) in [5, 5.41) is 6.30. The van der Waals surface area contributed by atoms with Gasteiger partial charge in [0.2, 0.25) is 5.75 Å². The van der Waals surface area contributed by atoms with Crippen molar-refractivity contribution in [3.05, 3.63) is 17.7 Å². The van der Waals surface area contributed by atoms with Crippen LogP contribution in [0.4, 0.5) is 0 Å². The predicted molar refractivity (Wildman–Crippen MR) is 77.3 cm³/mol. The van der Waals surface area contributed by atoms with Crippen molar-refractivity contribution < 1.29 is 19.0 Å². The zero-order valence-corrected chi connectivity index (χ0v) is 12.1. The molecule has 1 saturated heterocycles. The molecule has 2 aliphatic heterocycles. The lowest BCUT2D eigenvalue weighted by atomic mass is 10.1. The minimum absolute atomic E-state index is 0.126. The van der Waals surface area contributed by atoms with Gasteiger partial charge >= 0.3 is 0 Å². The van der Waals surface area contributed by atoms with Gasteiger partial charge in [-0.15, -0.1) is 0 Å². The summed E-state index contributed by atoms with van der Waals surface area (Å²) < 4.78 is 16.4. The number of carbonyl (C=O) groups excluding carboxylic acids is 1. The van der Waals surface area contributed by atoms with Crippen molar-refractivity contribution in [3.8, 4) is 17.2 Å². The van der Waals surface area contributed by atoms with E-state index in [1.165, 1.54) is 6.42 Å². The smallest absolute Gasteiger partial charge is 0.251 e. The molecule has 2 heterocycles. The lowest BCUT2D eigenvalue weighted by Gasteiger charge is -2.21. The lowest BCUT2D eigenvalue weighted by molar-refractivity contribution is 0.0948. The molecule has 1 amide bonds. The van der Waals surface area contributed by atoms with Crippen molar-refractivity contribution in [1.82, 2.24) is 10.6 Å². The van der Waals surface area contributed by atoms with E-state index in [1.54, 1.807) is 19.2 Å². The first-order valence-electron chi connectivity index (χ1n) is 7.27. The van der Waals surface area contributed by atoms with Gasteiger partial charge in [-0.25, -0.2) is 0 Å². The van der Waals surface area contributed by atoms with E-state index in [-0.39, 0.29) is 5.91 Å². The molecule has 2 aliphatic rings. The van der Waals surface area contributed by atoms with E-state index in [0.29, 0.717) is 48.6 Å². The van der Waals surface area contributed by atoms with Crippen molar-refractivity contribution in [2.24, 2.45) is 0 Å². The average Bonchev–Trinajstić information content (AvgIpc) is 3.04. The number of ether oxygens (including phenoxy) is 3. The maximum Gasteiger partial charge on any atom is 0.251 e. The van der Waals surface area contributed by atoms with Gasteiger partial charge in [0.05, 0.1) is 7.11 Å². The first kappa shape index (κ1) is 14.0. The van der Waals surface area contributed by atoms with E-state index < -0.39 is 0 Å². The maximum atomic E-state index is 12.3. The number of benzene rings is 1. The zero-order valence-electron chi connectivity index (χ0n) is 12.1. The Morgan fingerprint density at radius 2 is 2.29 bits per heavy atom. The molecule has 1 aromatic carbocycles. The summed E-state index contributed by atoms with van der Waals surface area (Å²) in [7, 11) is 1.55. The highest BCUT2D eigenvalue weighted by atomic mass is 16.6. The van der Waals surface area contributed by atoms with Crippen molar-refractivity contribution in [3.63, 3.8) is 0 Å². The number of rotatable bonds is 4. The predicted octanol–water partition coefficient (Wildman–Crippen LogP) is 0.948. The Morgan fingerprint density at radius 3 is 3.05 bits per heavy atom. The Hall–Kier alpha value is -1.95. The molecular formula is C15H20N2O4. The van der Waals surface area contributed by atoms with Crippen LogP contribution >= 0.6 is 0 Å². The number of hydrogen-bond acceptors (Lipinski definition) is 5. The lowest BCUT2D eigenvalue weighted by Crippen LogP contribution is -2.37. The summed E-state index contributed by atoms with van der Waals surface area (Å²) in [6.07, 6.45) is 2.27. The molecule has 1 fully saturated rings. The molecule has 0 spiro atoms. The Bertz CT molecular complexity index is 509. The van der Waals surface area contributed by atoms with E-state index in [4.69, 9.17) is 14.2 Å². The first-order chi connectivity index (χ1) is 10.3. The Balaban J connectivity index is 1.73. The van der Waals surface area contributed by atoms with Gasteiger partial charge < -0.3 is 24.8 Å². The summed E-state index contributed by atoms with van der Waals surface area (Å²) in [4.78, 5) is 12.3. The summed E-state index contributed by atoms with van der Waals surface area (Å²) in [5.41, 5.74) is 0.522. The minimum atomic E-state index is -0.126. The van der Waals surface area contributed by atoms with Crippen molar-refractivity contribution >= 4 is 5.91 Å². The second-order valence-corrected chi connectivity index (χ2v) is 5.21. The van der Waals surface area contributed by atoms with E-state index in [2.05, 4.69) is 10.6 Å². The normalized spacial score (nSPS) is 20.1. The Kier molecular flexibility index (Phi) is 4.15. The third-order valence-electron chi connectivity index (χ3n) is 3.76. The van der Waals surface area contributed by atoms with Gasteiger partial charge in [-0.3, -0.25) is 4.79 Å². The highest BCUT2D eigenvalue weighted by Crippen LogP contribution is 2.40. The number of nitrogens with one attached hydrogen (secondary N) is 2. The Morgan fingerprint density at radius 1 is 1.43 bits per heavy atom. The standard InChI is InChI=1S/C15H20N2O4/c1-19-12-7-10(8-13-14(12)21-6-5-20-13)15(18)17-9-11-3-2-4-16-11/h7-8,11,16H,2-6,9H2,1H3,(H,17,18). The van der Waals surface area contributed by atoms with E-state index in [9.17, 15) is 4.79 Å². The second-order valence-electron chi connectivity index (χ2n) is 5.21. The van der Waals surface area contributed by atoms with Crippen molar-refractivity contribution in [2.75, 3.05) is 33.4 Å². The van der Waals surface area contributed by atoms with Crippen LogP contribution in [0.25, 0.3) is 0 Å². The maximum absolute atomic E-state index is 12.3. The van der Waals surface area contributed by atoms with Crippen LogP contribution in [0, 0.1) is 0 Å². The number of hydrogen-bond donors (Lipinski definition) is 2. The topological polar surface area (TPSA) is 68.8 Å². The molecular weight excluding hydrogens is 272 g/mol. The number of methoxy groups -OCH3 is 1. The first-order valence-corrected chi connectivity index (χ1v) is 7.27. The molecule has 1 aromatic rings. The van der Waals surface area contributed by atoms with Crippen LogP contribution in [-0.2, 0) is 0 Å². The van der Waals surface area contributed by atoms with Crippen LogP contribution in [0.2, 0.25) is 0 Å². The summed E-state index contributed by atoms with van der Waals surface area (Å²) in [6, 6.07) is 3.76. The van der Waals surface area contributed by atoms with Gasteiger partial charge in [-0.2, -0.15) is 0 Å². The molecule has 0 saturated carbocycles. The van der Waals surface area contributed by atoms with Crippen LogP contribution in [0.5, 0.6) is 17.2 Å². The van der Waals surface area contributed by atoms with Crippen LogP contribution < -0.4 is 24.8 Å². The van der Waals surface area contributed by atoms with Crippen LogP contribution in [0.3, 0.4) is 0 Å². The number of fused-ring (bicyclic) bond motifs is 1. The molecule has 1 unspecified atom stereocenters. The highest BCUT2D eigenvalue weighted by Gasteiger charge is 2.21. The van der Waals surface area contributed by atoms with Gasteiger partial charge in [-0.1, -0.05) is 0 Å². The highest BCUT2D eigenvalue weighted by molar-refractivity contribution is 5.95. The molecule has 0 bridgehead atoms. The van der Waals surface area contributed by atoms with Crippen LogP contribution in [0.15, 0.2) is 12.1 Å². The van der Waals surface area contributed by atoms with Gasteiger partial charge in [0, 0.05) is 18.2 Å². The molecule has 0 aliphatic carbocycles. The van der Waals surface area contributed by atoms with Gasteiger partial charge in [0.25, 0.3) is 5.91 Å². The summed E-state index contributed by atoms with van der Waals surface area (Å²) >= 11 is 0. The van der Waals surface area contributed by atoms with Crippen LogP contribution in [-0.4, -0.2) is 45.4 Å².